The Balaban J connectivity index is 1.98. The van der Waals surface area contributed by atoms with Crippen molar-refractivity contribution in [3.05, 3.63) is 11.8 Å². The molecule has 2 atom stereocenters. The Hall–Kier alpha value is -1.64. The smallest absolute Gasteiger partial charge is 0.260 e. The van der Waals surface area contributed by atoms with E-state index in [1.165, 1.54) is 10.9 Å². The summed E-state index contributed by atoms with van der Waals surface area (Å²) in [7, 11) is 0. The standard InChI is InChI=1S/C11H12F2N4/c12-10(13)9-3-8(6-1-2-6)16-11-7(4-14)5-15-17(9)11/h5-6,8-10,16H,1-3H2/t8-,9-/m0/s1. The number of aromatic nitrogens is 2. The van der Waals surface area contributed by atoms with Crippen molar-refractivity contribution >= 4 is 5.82 Å². The lowest BCUT2D eigenvalue weighted by Gasteiger charge is -2.32. The molecule has 1 aliphatic carbocycles. The van der Waals surface area contributed by atoms with E-state index in [1.54, 1.807) is 0 Å². The molecule has 0 amide bonds. The molecule has 6 heteroatoms. The lowest BCUT2D eigenvalue weighted by Crippen LogP contribution is -2.36. The fourth-order valence-electron chi connectivity index (χ4n) is 2.45. The van der Waals surface area contributed by atoms with Crippen LogP contribution in [0.25, 0.3) is 0 Å². The Bertz CT molecular complexity index is 472. The minimum atomic E-state index is -2.44. The van der Waals surface area contributed by atoms with Gasteiger partial charge in [0.1, 0.15) is 23.5 Å². The van der Waals surface area contributed by atoms with Gasteiger partial charge in [-0.05, 0) is 25.2 Å². The van der Waals surface area contributed by atoms with Gasteiger partial charge in [-0.2, -0.15) is 10.4 Å². The quantitative estimate of drug-likeness (QED) is 0.858. The van der Waals surface area contributed by atoms with Crippen LogP contribution in [0.4, 0.5) is 14.6 Å². The molecule has 1 aromatic heterocycles. The number of nitriles is 1. The lowest BCUT2D eigenvalue weighted by atomic mass is 10.0. The molecule has 17 heavy (non-hydrogen) atoms. The van der Waals surface area contributed by atoms with Gasteiger partial charge in [0.2, 0.25) is 0 Å². The summed E-state index contributed by atoms with van der Waals surface area (Å²) in [6.07, 6.45) is 1.48. The first kappa shape index (κ1) is 10.5. The van der Waals surface area contributed by atoms with E-state index >= 15 is 0 Å². The average Bonchev–Trinajstić information content (AvgIpc) is 3.08. The van der Waals surface area contributed by atoms with Crippen LogP contribution < -0.4 is 5.32 Å². The van der Waals surface area contributed by atoms with E-state index < -0.39 is 12.5 Å². The molecule has 2 heterocycles. The van der Waals surface area contributed by atoms with Crippen molar-refractivity contribution < 1.29 is 8.78 Å². The normalized spacial score (nSPS) is 27.4. The minimum Gasteiger partial charge on any atom is -0.366 e. The number of hydrogen-bond donors (Lipinski definition) is 1. The molecule has 1 fully saturated rings. The summed E-state index contributed by atoms with van der Waals surface area (Å²) in [5.41, 5.74) is 0.348. The van der Waals surface area contributed by atoms with Gasteiger partial charge in [-0.1, -0.05) is 0 Å². The molecule has 0 radical (unpaired) electrons. The highest BCUT2D eigenvalue weighted by atomic mass is 19.3. The molecule has 1 aliphatic heterocycles. The molecule has 0 spiro atoms. The van der Waals surface area contributed by atoms with Crippen molar-refractivity contribution in [2.45, 2.75) is 37.8 Å². The molecule has 90 valence electrons. The zero-order chi connectivity index (χ0) is 12.0. The van der Waals surface area contributed by atoms with Crippen LogP contribution in [0.2, 0.25) is 0 Å². The second kappa shape index (κ2) is 3.69. The summed E-state index contributed by atoms with van der Waals surface area (Å²) in [4.78, 5) is 0. The summed E-state index contributed by atoms with van der Waals surface area (Å²) in [5, 5.41) is 16.0. The maximum atomic E-state index is 13.0. The molecule has 1 aromatic rings. The molecule has 1 saturated carbocycles. The highest BCUT2D eigenvalue weighted by Crippen LogP contribution is 2.42. The molecule has 0 saturated heterocycles. The summed E-state index contributed by atoms with van der Waals surface area (Å²) < 4.78 is 27.3. The third-order valence-electron chi connectivity index (χ3n) is 3.53. The largest absolute Gasteiger partial charge is 0.366 e. The monoisotopic (exact) mass is 238 g/mol. The van der Waals surface area contributed by atoms with Crippen LogP contribution in [0, 0.1) is 17.2 Å². The van der Waals surface area contributed by atoms with Gasteiger partial charge < -0.3 is 5.32 Å². The van der Waals surface area contributed by atoms with Gasteiger partial charge in [0, 0.05) is 6.04 Å². The minimum absolute atomic E-state index is 0.0605. The van der Waals surface area contributed by atoms with Crippen LogP contribution in [-0.4, -0.2) is 22.2 Å². The Morgan fingerprint density at radius 3 is 2.88 bits per heavy atom. The van der Waals surface area contributed by atoms with Gasteiger partial charge in [0.25, 0.3) is 6.43 Å². The van der Waals surface area contributed by atoms with E-state index in [0.717, 1.165) is 12.8 Å². The van der Waals surface area contributed by atoms with Gasteiger partial charge in [-0.3, -0.25) is 0 Å². The summed E-state index contributed by atoms with van der Waals surface area (Å²) in [6.45, 7) is 0. The SMILES string of the molecule is N#Cc1cnn2c1N[C@H](C1CC1)C[C@H]2C(F)F. The van der Waals surface area contributed by atoms with Crippen LogP contribution in [0.3, 0.4) is 0 Å². The second-order valence-corrected chi connectivity index (χ2v) is 4.69. The Morgan fingerprint density at radius 1 is 1.53 bits per heavy atom. The Morgan fingerprint density at radius 2 is 2.29 bits per heavy atom. The van der Waals surface area contributed by atoms with Crippen LogP contribution in [-0.2, 0) is 0 Å². The number of nitrogens with one attached hydrogen (secondary N) is 1. The van der Waals surface area contributed by atoms with Crippen LogP contribution in [0.5, 0.6) is 0 Å². The predicted molar refractivity (Wildman–Crippen MR) is 56.7 cm³/mol. The summed E-state index contributed by atoms with van der Waals surface area (Å²) >= 11 is 0. The maximum Gasteiger partial charge on any atom is 0.260 e. The van der Waals surface area contributed by atoms with Gasteiger partial charge in [0.05, 0.1) is 6.20 Å². The average molecular weight is 238 g/mol. The molecule has 0 bridgehead atoms. The highest BCUT2D eigenvalue weighted by Gasteiger charge is 2.41. The third-order valence-corrected chi connectivity index (χ3v) is 3.53. The fraction of sp³-hybridized carbons (Fsp3) is 0.636. The topological polar surface area (TPSA) is 53.6 Å². The molecule has 3 rings (SSSR count). The number of nitrogens with zero attached hydrogens (tertiary/aromatic N) is 3. The number of fused-ring (bicyclic) bond motifs is 1. The Kier molecular flexibility index (Phi) is 2.28. The maximum absolute atomic E-state index is 13.0. The van der Waals surface area contributed by atoms with Gasteiger partial charge in [-0.15, -0.1) is 0 Å². The molecule has 1 N–H and O–H groups in total. The van der Waals surface area contributed by atoms with Gasteiger partial charge in [0.15, 0.2) is 0 Å². The third kappa shape index (κ3) is 1.66. The van der Waals surface area contributed by atoms with Crippen molar-refractivity contribution in [1.82, 2.24) is 9.78 Å². The van der Waals surface area contributed by atoms with Crippen LogP contribution in [0.1, 0.15) is 30.9 Å². The van der Waals surface area contributed by atoms with Gasteiger partial charge in [-0.25, -0.2) is 13.5 Å². The fourth-order valence-corrected chi connectivity index (χ4v) is 2.45. The van der Waals surface area contributed by atoms with Crippen molar-refractivity contribution in [3.8, 4) is 6.07 Å². The number of hydrogen-bond acceptors (Lipinski definition) is 3. The first-order valence-electron chi connectivity index (χ1n) is 5.73. The molecular formula is C11H12F2N4. The predicted octanol–water partition coefficient (Wildman–Crippen LogP) is 2.16. The zero-order valence-electron chi connectivity index (χ0n) is 9.11. The number of rotatable bonds is 2. The molecular weight excluding hydrogens is 226 g/mol. The van der Waals surface area contributed by atoms with Crippen molar-refractivity contribution in [3.63, 3.8) is 0 Å². The van der Waals surface area contributed by atoms with E-state index in [2.05, 4.69) is 10.4 Å². The van der Waals surface area contributed by atoms with E-state index in [1.807, 2.05) is 6.07 Å². The second-order valence-electron chi connectivity index (χ2n) is 4.69. The van der Waals surface area contributed by atoms with Gasteiger partial charge >= 0.3 is 0 Å². The summed E-state index contributed by atoms with van der Waals surface area (Å²) in [6, 6.07) is 1.14. The first-order valence-corrected chi connectivity index (χ1v) is 5.73. The lowest BCUT2D eigenvalue weighted by molar-refractivity contribution is 0.0645. The van der Waals surface area contributed by atoms with E-state index in [4.69, 9.17) is 5.26 Å². The van der Waals surface area contributed by atoms with Crippen LogP contribution in [0.15, 0.2) is 6.20 Å². The molecule has 0 aromatic carbocycles. The first-order chi connectivity index (χ1) is 8.20. The summed E-state index contributed by atoms with van der Waals surface area (Å²) in [5.74, 6) is 0.937. The van der Waals surface area contributed by atoms with E-state index in [0.29, 0.717) is 23.7 Å². The number of anilines is 1. The van der Waals surface area contributed by atoms with E-state index in [9.17, 15) is 8.78 Å². The highest BCUT2D eigenvalue weighted by molar-refractivity contribution is 5.53. The van der Waals surface area contributed by atoms with Crippen LogP contribution >= 0.6 is 0 Å². The molecule has 0 unspecified atom stereocenters. The molecule has 2 aliphatic rings. The Labute approximate surface area is 97.2 Å². The van der Waals surface area contributed by atoms with Crippen molar-refractivity contribution in [2.75, 3.05) is 5.32 Å². The molecule has 4 nitrogen and oxygen atoms in total. The zero-order valence-corrected chi connectivity index (χ0v) is 9.11. The number of halogens is 2. The van der Waals surface area contributed by atoms with Crippen molar-refractivity contribution in [1.29, 1.82) is 5.26 Å². The van der Waals surface area contributed by atoms with Crippen molar-refractivity contribution in [2.24, 2.45) is 5.92 Å². The van der Waals surface area contributed by atoms with E-state index in [-0.39, 0.29) is 6.04 Å². The number of alkyl halides is 2.